The van der Waals surface area contributed by atoms with Crippen LogP contribution >= 0.6 is 0 Å². The Morgan fingerprint density at radius 2 is 2.22 bits per heavy atom. The van der Waals surface area contributed by atoms with Crippen LogP contribution in [0, 0.1) is 5.82 Å². The summed E-state index contributed by atoms with van der Waals surface area (Å²) in [6.07, 6.45) is 5.27. The van der Waals surface area contributed by atoms with Crippen LogP contribution in [-0.4, -0.2) is 50.1 Å². The van der Waals surface area contributed by atoms with Crippen LogP contribution in [-0.2, 0) is 29.0 Å². The van der Waals surface area contributed by atoms with Gasteiger partial charge in [-0.15, -0.1) is 0 Å². The Labute approximate surface area is 186 Å². The molecule has 2 aromatic heterocycles. The van der Waals surface area contributed by atoms with Gasteiger partial charge in [0.15, 0.2) is 5.82 Å². The zero-order valence-electron chi connectivity index (χ0n) is 18.3. The van der Waals surface area contributed by atoms with Crippen LogP contribution in [0.3, 0.4) is 0 Å². The van der Waals surface area contributed by atoms with Crippen molar-refractivity contribution in [2.75, 3.05) is 25.1 Å². The second kappa shape index (κ2) is 8.38. The Hall–Kier alpha value is -3.20. The monoisotopic (exact) mass is 438 g/mol. The first kappa shape index (κ1) is 20.7. The van der Waals surface area contributed by atoms with E-state index in [0.29, 0.717) is 37.8 Å². The van der Waals surface area contributed by atoms with E-state index >= 15 is 4.39 Å². The maximum atomic E-state index is 15.0. The van der Waals surface area contributed by atoms with E-state index < -0.39 is 0 Å². The number of fused-ring (bicyclic) bond motifs is 1. The molecule has 9 heteroatoms. The summed E-state index contributed by atoms with van der Waals surface area (Å²) in [4.78, 5) is 13.8. The molecule has 2 aliphatic heterocycles. The van der Waals surface area contributed by atoms with Crippen molar-refractivity contribution in [1.29, 1.82) is 0 Å². The highest BCUT2D eigenvalue weighted by molar-refractivity contribution is 5.74. The largest absolute Gasteiger partial charge is 0.379 e. The summed E-state index contributed by atoms with van der Waals surface area (Å²) in [5.74, 6) is 0.267. The van der Waals surface area contributed by atoms with Crippen molar-refractivity contribution in [2.45, 2.75) is 45.8 Å². The zero-order valence-corrected chi connectivity index (χ0v) is 18.3. The van der Waals surface area contributed by atoms with Crippen LogP contribution in [0.5, 0.6) is 0 Å². The molecule has 8 nitrogen and oxygen atoms in total. The number of anilines is 2. The van der Waals surface area contributed by atoms with E-state index in [4.69, 9.17) is 9.84 Å². The minimum atomic E-state index is -0.363. The van der Waals surface area contributed by atoms with E-state index in [9.17, 15) is 4.79 Å². The molecule has 5 rings (SSSR count). The average molecular weight is 439 g/mol. The number of nitrogens with zero attached hydrogens (tertiary/aromatic N) is 5. The van der Waals surface area contributed by atoms with Gasteiger partial charge < -0.3 is 15.0 Å². The number of aryl methyl sites for hydroxylation is 1. The SMILES string of the molecule is CCn1cc(-c2ccc(Nc3nn(C4CCOC4)c4c3CN(C(C)=O)CC4)c(F)c2)cn1. The van der Waals surface area contributed by atoms with Gasteiger partial charge in [-0.05, 0) is 31.0 Å². The number of carbonyl (C=O) groups excluding carboxylic acids is 1. The van der Waals surface area contributed by atoms with E-state index in [2.05, 4.69) is 10.4 Å². The van der Waals surface area contributed by atoms with E-state index in [-0.39, 0.29) is 17.8 Å². The third-order valence-electron chi connectivity index (χ3n) is 6.30. The van der Waals surface area contributed by atoms with Crippen molar-refractivity contribution in [3.63, 3.8) is 0 Å². The average Bonchev–Trinajstić information content (AvgIpc) is 3.55. The highest BCUT2D eigenvalue weighted by Gasteiger charge is 2.30. The lowest BCUT2D eigenvalue weighted by atomic mass is 10.1. The first-order valence-electron chi connectivity index (χ1n) is 11.1. The number of halogens is 1. The molecular weight excluding hydrogens is 411 g/mol. The molecule has 0 saturated carbocycles. The molecule has 168 valence electrons. The fourth-order valence-electron chi connectivity index (χ4n) is 4.44. The number of benzene rings is 1. The Bertz CT molecular complexity index is 1150. The predicted molar refractivity (Wildman–Crippen MR) is 118 cm³/mol. The van der Waals surface area contributed by atoms with Crippen molar-refractivity contribution in [3.05, 3.63) is 47.7 Å². The number of hydrogen-bond donors (Lipinski definition) is 1. The van der Waals surface area contributed by atoms with Crippen molar-refractivity contribution < 1.29 is 13.9 Å². The van der Waals surface area contributed by atoms with E-state index in [0.717, 1.165) is 41.8 Å². The first-order valence-corrected chi connectivity index (χ1v) is 11.1. The van der Waals surface area contributed by atoms with Gasteiger partial charge in [-0.3, -0.25) is 14.2 Å². The molecule has 4 heterocycles. The molecule has 3 aromatic rings. The van der Waals surface area contributed by atoms with Gasteiger partial charge >= 0.3 is 0 Å². The molecule has 1 aromatic carbocycles. The molecule has 32 heavy (non-hydrogen) atoms. The van der Waals surface area contributed by atoms with Gasteiger partial charge in [0.2, 0.25) is 5.91 Å². The quantitative estimate of drug-likeness (QED) is 0.660. The molecule has 0 spiro atoms. The molecular formula is C23H27FN6O2. The van der Waals surface area contributed by atoms with Gasteiger partial charge in [0.05, 0.1) is 31.1 Å². The molecule has 1 saturated heterocycles. The Kier molecular flexibility index (Phi) is 5.42. The Morgan fingerprint density at radius 3 is 2.91 bits per heavy atom. The molecule has 1 unspecified atom stereocenters. The van der Waals surface area contributed by atoms with Crippen LogP contribution in [0.1, 0.15) is 37.6 Å². The van der Waals surface area contributed by atoms with Crippen LogP contribution in [0.4, 0.5) is 15.9 Å². The number of ether oxygens (including phenoxy) is 1. The second-order valence-corrected chi connectivity index (χ2v) is 8.33. The standard InChI is InChI=1S/C23H27FN6O2/c1-3-29-12-17(11-25-29)16-4-5-21(20(24)10-16)26-23-19-13-28(15(2)31)8-6-22(19)30(27-23)18-7-9-32-14-18/h4-5,10-12,18H,3,6-9,13-14H2,1-2H3,(H,26,27). The zero-order chi connectivity index (χ0) is 22.2. The van der Waals surface area contributed by atoms with Gasteiger partial charge in [-0.25, -0.2) is 4.39 Å². The van der Waals surface area contributed by atoms with Crippen LogP contribution in [0.2, 0.25) is 0 Å². The molecule has 0 radical (unpaired) electrons. The van der Waals surface area contributed by atoms with Crippen molar-refractivity contribution >= 4 is 17.4 Å². The highest BCUT2D eigenvalue weighted by Crippen LogP contribution is 2.34. The molecule has 1 N–H and O–H groups in total. The summed E-state index contributed by atoms with van der Waals surface area (Å²) in [6, 6.07) is 5.28. The van der Waals surface area contributed by atoms with Gasteiger partial charge in [0.1, 0.15) is 5.82 Å². The fourth-order valence-corrected chi connectivity index (χ4v) is 4.44. The summed E-state index contributed by atoms with van der Waals surface area (Å²) in [6.45, 7) is 6.82. The number of amides is 1. The minimum absolute atomic E-state index is 0.0294. The molecule has 0 aliphatic carbocycles. The van der Waals surface area contributed by atoms with Gasteiger partial charge in [-0.1, -0.05) is 6.07 Å². The van der Waals surface area contributed by atoms with Crippen LogP contribution in [0.25, 0.3) is 11.1 Å². The maximum absolute atomic E-state index is 15.0. The number of carbonyl (C=O) groups is 1. The Morgan fingerprint density at radius 1 is 1.34 bits per heavy atom. The lowest BCUT2D eigenvalue weighted by Gasteiger charge is -2.27. The summed E-state index contributed by atoms with van der Waals surface area (Å²) in [5.41, 5.74) is 4.05. The number of hydrogen-bond acceptors (Lipinski definition) is 5. The summed E-state index contributed by atoms with van der Waals surface area (Å²) in [5, 5.41) is 12.3. The fraction of sp³-hybridized carbons (Fsp3) is 0.435. The summed E-state index contributed by atoms with van der Waals surface area (Å²) in [7, 11) is 0. The number of nitrogens with one attached hydrogen (secondary N) is 1. The number of rotatable bonds is 5. The minimum Gasteiger partial charge on any atom is -0.379 e. The molecule has 1 atom stereocenters. The first-order chi connectivity index (χ1) is 15.5. The van der Waals surface area contributed by atoms with E-state index in [1.807, 2.05) is 28.6 Å². The van der Waals surface area contributed by atoms with Gasteiger partial charge in [0.25, 0.3) is 0 Å². The summed E-state index contributed by atoms with van der Waals surface area (Å²) >= 11 is 0. The van der Waals surface area contributed by atoms with E-state index in [1.165, 1.54) is 6.07 Å². The molecule has 1 fully saturated rings. The lowest BCUT2D eigenvalue weighted by Crippen LogP contribution is -2.35. The Balaban J connectivity index is 1.46. The molecule has 2 aliphatic rings. The second-order valence-electron chi connectivity index (χ2n) is 8.33. The number of aromatic nitrogens is 4. The topological polar surface area (TPSA) is 77.2 Å². The molecule has 1 amide bonds. The molecule has 0 bridgehead atoms. The van der Waals surface area contributed by atoms with E-state index in [1.54, 1.807) is 24.1 Å². The predicted octanol–water partition coefficient (Wildman–Crippen LogP) is 3.52. The van der Waals surface area contributed by atoms with Crippen LogP contribution < -0.4 is 5.32 Å². The normalized spacial score (nSPS) is 18.1. The lowest BCUT2D eigenvalue weighted by molar-refractivity contribution is -0.129. The van der Waals surface area contributed by atoms with Gasteiger partial charge in [-0.2, -0.15) is 10.2 Å². The maximum Gasteiger partial charge on any atom is 0.219 e. The third-order valence-corrected chi connectivity index (χ3v) is 6.30. The highest BCUT2D eigenvalue weighted by atomic mass is 19.1. The van der Waals surface area contributed by atoms with Crippen molar-refractivity contribution in [3.8, 4) is 11.1 Å². The summed E-state index contributed by atoms with van der Waals surface area (Å²) < 4.78 is 24.4. The van der Waals surface area contributed by atoms with Gasteiger partial charge in [0, 0.05) is 56.1 Å². The van der Waals surface area contributed by atoms with Crippen molar-refractivity contribution in [2.24, 2.45) is 0 Å². The smallest absolute Gasteiger partial charge is 0.219 e. The third kappa shape index (κ3) is 3.77. The van der Waals surface area contributed by atoms with Crippen molar-refractivity contribution in [1.82, 2.24) is 24.5 Å². The van der Waals surface area contributed by atoms with Crippen LogP contribution in [0.15, 0.2) is 30.6 Å².